The van der Waals surface area contributed by atoms with Gasteiger partial charge in [0.15, 0.2) is 0 Å². The first kappa shape index (κ1) is 12.2. The SMILES string of the molecule is Cc1cccc(C(=O)C(=O)c2cccc(C)c2)c1. The molecule has 2 aromatic rings. The molecule has 0 atom stereocenters. The molecule has 0 unspecified atom stereocenters. The van der Waals surface area contributed by atoms with E-state index in [1.807, 2.05) is 26.0 Å². The van der Waals surface area contributed by atoms with Crippen LogP contribution in [0.25, 0.3) is 0 Å². The van der Waals surface area contributed by atoms with Gasteiger partial charge in [0.05, 0.1) is 0 Å². The maximum atomic E-state index is 12.1. The molecule has 0 aliphatic carbocycles. The van der Waals surface area contributed by atoms with Gasteiger partial charge in [0.1, 0.15) is 0 Å². The fraction of sp³-hybridized carbons (Fsp3) is 0.125. The molecule has 0 heterocycles. The minimum atomic E-state index is -0.454. The van der Waals surface area contributed by atoms with E-state index in [1.54, 1.807) is 36.4 Å². The number of carbonyl (C=O) groups is 2. The number of ketones is 2. The summed E-state index contributed by atoms with van der Waals surface area (Å²) in [6, 6.07) is 14.2. The van der Waals surface area contributed by atoms with Crippen molar-refractivity contribution in [1.29, 1.82) is 0 Å². The molecule has 0 bridgehead atoms. The van der Waals surface area contributed by atoms with E-state index in [0.29, 0.717) is 11.1 Å². The molecule has 2 rings (SSSR count). The molecule has 0 saturated carbocycles. The van der Waals surface area contributed by atoms with Crippen molar-refractivity contribution < 1.29 is 9.59 Å². The molecule has 0 N–H and O–H groups in total. The van der Waals surface area contributed by atoms with Crippen LogP contribution in [0.3, 0.4) is 0 Å². The zero-order valence-corrected chi connectivity index (χ0v) is 10.4. The Kier molecular flexibility index (Phi) is 3.38. The van der Waals surface area contributed by atoms with Crippen LogP contribution in [0, 0.1) is 13.8 Å². The van der Waals surface area contributed by atoms with Gasteiger partial charge in [-0.2, -0.15) is 0 Å². The third kappa shape index (κ3) is 2.54. The third-order valence-corrected chi connectivity index (χ3v) is 2.77. The summed E-state index contributed by atoms with van der Waals surface area (Å²) in [6.45, 7) is 3.79. The van der Waals surface area contributed by atoms with Crippen LogP contribution in [-0.4, -0.2) is 11.6 Å². The van der Waals surface area contributed by atoms with Gasteiger partial charge in [-0.05, 0) is 26.0 Å². The smallest absolute Gasteiger partial charge is 0.233 e. The lowest BCUT2D eigenvalue weighted by Gasteiger charge is -2.02. The molecule has 0 radical (unpaired) electrons. The minimum absolute atomic E-state index is 0.446. The number of hydrogen-bond acceptors (Lipinski definition) is 2. The summed E-state index contributed by atoms with van der Waals surface area (Å²) in [4.78, 5) is 24.1. The second-order valence-corrected chi connectivity index (χ2v) is 4.40. The molecule has 0 aliphatic rings. The zero-order chi connectivity index (χ0) is 13.1. The molecular formula is C16H14O2. The minimum Gasteiger partial charge on any atom is -0.285 e. The van der Waals surface area contributed by atoms with E-state index in [0.717, 1.165) is 11.1 Å². The quantitative estimate of drug-likeness (QED) is 0.607. The van der Waals surface area contributed by atoms with Crippen molar-refractivity contribution in [2.75, 3.05) is 0 Å². The number of rotatable bonds is 3. The Morgan fingerprint density at radius 1 is 0.722 bits per heavy atom. The van der Waals surface area contributed by atoms with Crippen molar-refractivity contribution in [3.05, 3.63) is 70.8 Å². The van der Waals surface area contributed by atoms with Gasteiger partial charge in [0.2, 0.25) is 11.6 Å². The molecule has 0 spiro atoms. The molecule has 0 aromatic heterocycles. The number of Topliss-reactive ketones (excluding diaryl/α,β-unsaturated/α-hetero) is 2. The van der Waals surface area contributed by atoms with E-state index in [2.05, 4.69) is 0 Å². The summed E-state index contributed by atoms with van der Waals surface area (Å²) < 4.78 is 0. The van der Waals surface area contributed by atoms with E-state index in [1.165, 1.54) is 0 Å². The summed E-state index contributed by atoms with van der Waals surface area (Å²) >= 11 is 0. The average molecular weight is 238 g/mol. The molecule has 2 heteroatoms. The van der Waals surface area contributed by atoms with Gasteiger partial charge < -0.3 is 0 Å². The highest BCUT2D eigenvalue weighted by molar-refractivity contribution is 6.49. The molecule has 0 fully saturated rings. The van der Waals surface area contributed by atoms with E-state index in [-0.39, 0.29) is 0 Å². The van der Waals surface area contributed by atoms with Gasteiger partial charge in [-0.25, -0.2) is 0 Å². The Hall–Kier alpha value is -2.22. The predicted molar refractivity (Wildman–Crippen MR) is 71.0 cm³/mol. The molecule has 2 aromatic carbocycles. The lowest BCUT2D eigenvalue weighted by molar-refractivity contribution is 0.0817. The van der Waals surface area contributed by atoms with Crippen LogP contribution in [0.15, 0.2) is 48.5 Å². The number of aryl methyl sites for hydroxylation is 2. The predicted octanol–water partition coefficient (Wildman–Crippen LogP) is 3.37. The highest BCUT2D eigenvalue weighted by atomic mass is 16.2. The third-order valence-electron chi connectivity index (χ3n) is 2.77. The lowest BCUT2D eigenvalue weighted by atomic mass is 9.99. The van der Waals surface area contributed by atoms with Crippen molar-refractivity contribution in [1.82, 2.24) is 0 Å². The van der Waals surface area contributed by atoms with Gasteiger partial charge >= 0.3 is 0 Å². The van der Waals surface area contributed by atoms with Crippen LogP contribution in [-0.2, 0) is 0 Å². The number of hydrogen-bond donors (Lipinski definition) is 0. The van der Waals surface area contributed by atoms with Crippen LogP contribution < -0.4 is 0 Å². The highest BCUT2D eigenvalue weighted by Crippen LogP contribution is 2.11. The highest BCUT2D eigenvalue weighted by Gasteiger charge is 2.18. The fourth-order valence-electron chi connectivity index (χ4n) is 1.83. The first-order chi connectivity index (χ1) is 8.58. The first-order valence-electron chi connectivity index (χ1n) is 5.80. The first-order valence-corrected chi connectivity index (χ1v) is 5.80. The van der Waals surface area contributed by atoms with E-state index >= 15 is 0 Å². The summed E-state index contributed by atoms with van der Waals surface area (Å²) in [5.41, 5.74) is 2.83. The molecular weight excluding hydrogens is 224 g/mol. The summed E-state index contributed by atoms with van der Waals surface area (Å²) in [5.74, 6) is -0.909. The summed E-state index contributed by atoms with van der Waals surface area (Å²) in [6.07, 6.45) is 0. The molecule has 0 amide bonds. The Morgan fingerprint density at radius 3 is 1.44 bits per heavy atom. The average Bonchev–Trinajstić information content (AvgIpc) is 2.37. The monoisotopic (exact) mass is 238 g/mol. The number of carbonyl (C=O) groups excluding carboxylic acids is 2. The van der Waals surface area contributed by atoms with E-state index in [9.17, 15) is 9.59 Å². The van der Waals surface area contributed by atoms with Crippen LogP contribution in [0.5, 0.6) is 0 Å². The van der Waals surface area contributed by atoms with Gasteiger partial charge in [0, 0.05) is 11.1 Å². The van der Waals surface area contributed by atoms with E-state index in [4.69, 9.17) is 0 Å². The standard InChI is InChI=1S/C16H14O2/c1-11-5-3-7-13(9-11)15(17)16(18)14-8-4-6-12(2)10-14/h3-10H,1-2H3. The van der Waals surface area contributed by atoms with E-state index < -0.39 is 11.6 Å². The molecule has 18 heavy (non-hydrogen) atoms. The van der Waals surface area contributed by atoms with Gasteiger partial charge in [-0.1, -0.05) is 47.5 Å². The normalized spacial score (nSPS) is 10.1. The Bertz CT molecular complexity index is 556. The Labute approximate surface area is 106 Å². The van der Waals surface area contributed by atoms with Crippen LogP contribution in [0.4, 0.5) is 0 Å². The van der Waals surface area contributed by atoms with Gasteiger partial charge in [-0.15, -0.1) is 0 Å². The topological polar surface area (TPSA) is 34.1 Å². The van der Waals surface area contributed by atoms with Crippen molar-refractivity contribution in [3.8, 4) is 0 Å². The lowest BCUT2D eigenvalue weighted by Crippen LogP contribution is -2.14. The van der Waals surface area contributed by atoms with Crippen LogP contribution in [0.2, 0.25) is 0 Å². The van der Waals surface area contributed by atoms with Crippen molar-refractivity contribution in [2.24, 2.45) is 0 Å². The number of benzene rings is 2. The maximum Gasteiger partial charge on any atom is 0.233 e. The maximum absolute atomic E-state index is 12.1. The Morgan fingerprint density at radius 2 is 1.11 bits per heavy atom. The zero-order valence-electron chi connectivity index (χ0n) is 10.4. The fourth-order valence-corrected chi connectivity index (χ4v) is 1.83. The van der Waals surface area contributed by atoms with Gasteiger partial charge in [-0.3, -0.25) is 9.59 Å². The van der Waals surface area contributed by atoms with Crippen LogP contribution >= 0.6 is 0 Å². The molecule has 90 valence electrons. The second-order valence-electron chi connectivity index (χ2n) is 4.40. The van der Waals surface area contributed by atoms with Gasteiger partial charge in [0.25, 0.3) is 0 Å². The molecule has 2 nitrogen and oxygen atoms in total. The van der Waals surface area contributed by atoms with Crippen molar-refractivity contribution >= 4 is 11.6 Å². The summed E-state index contributed by atoms with van der Waals surface area (Å²) in [5, 5.41) is 0. The van der Waals surface area contributed by atoms with Crippen molar-refractivity contribution in [2.45, 2.75) is 13.8 Å². The largest absolute Gasteiger partial charge is 0.285 e. The second kappa shape index (κ2) is 4.96. The molecule has 0 aliphatic heterocycles. The van der Waals surface area contributed by atoms with Crippen LogP contribution in [0.1, 0.15) is 31.8 Å². The molecule has 0 saturated heterocycles. The summed E-state index contributed by atoms with van der Waals surface area (Å²) in [7, 11) is 0. The van der Waals surface area contributed by atoms with Crippen molar-refractivity contribution in [3.63, 3.8) is 0 Å². The Balaban J connectivity index is 2.32.